The fourth-order valence-electron chi connectivity index (χ4n) is 0.0833. The molecule has 3 nitrogen and oxygen atoms in total. The van der Waals surface area contributed by atoms with Crippen LogP contribution < -0.4 is 0 Å². The average Bonchev–Trinajstić information content (AvgIpc) is 1.68. The summed E-state index contributed by atoms with van der Waals surface area (Å²) in [5, 5.41) is 0. The van der Waals surface area contributed by atoms with Crippen LogP contribution in [0.25, 0.3) is 0 Å². The molecule has 0 spiro atoms. The van der Waals surface area contributed by atoms with Gasteiger partial charge in [-0.3, -0.25) is 0 Å². The molecule has 0 heterocycles. The maximum absolute atomic E-state index is 4.86. The lowest BCUT2D eigenvalue weighted by molar-refractivity contribution is -0.178. The van der Waals surface area contributed by atoms with Crippen LogP contribution in [0.3, 0.4) is 0 Å². The van der Waals surface area contributed by atoms with Crippen molar-refractivity contribution in [1.82, 2.24) is 0 Å². The van der Waals surface area contributed by atoms with Gasteiger partial charge in [0.25, 0.3) is 0 Å². The molecule has 0 saturated carbocycles. The van der Waals surface area contributed by atoms with Gasteiger partial charge in [0.2, 0.25) is 0 Å². The van der Waals surface area contributed by atoms with Gasteiger partial charge in [0.1, 0.15) is 0 Å². The maximum Gasteiger partial charge on any atom is 0.161 e. The smallest absolute Gasteiger partial charge is 0.161 e. The van der Waals surface area contributed by atoms with Crippen LogP contribution in [0.5, 0.6) is 0 Å². The second-order valence-corrected chi connectivity index (χ2v) is 1.81. The van der Waals surface area contributed by atoms with Crippen LogP contribution in [0.15, 0.2) is 0 Å². The minimum absolute atomic E-state index is 0. The first-order valence-electron chi connectivity index (χ1n) is 2.22. The number of hydrogen-bond acceptors (Lipinski definition) is 2. The fraction of sp³-hybridized carbons (Fsp3) is 1.00. The van der Waals surface area contributed by atoms with E-state index in [-0.39, 0.29) is 5.48 Å². The van der Waals surface area contributed by atoms with Crippen LogP contribution in [-0.4, -0.2) is 25.5 Å². The van der Waals surface area contributed by atoms with Gasteiger partial charge < -0.3 is 14.9 Å². The molecule has 0 saturated heterocycles. The standard InChI is InChI=1S/C5H12O2.H2O/c1-5(2,6-3)7-4;/h1-4H3;1H2. The van der Waals surface area contributed by atoms with Crippen LogP contribution in [0.2, 0.25) is 0 Å². The van der Waals surface area contributed by atoms with Gasteiger partial charge in [0.05, 0.1) is 0 Å². The van der Waals surface area contributed by atoms with E-state index in [4.69, 9.17) is 9.47 Å². The summed E-state index contributed by atoms with van der Waals surface area (Å²) >= 11 is 0. The molecular formula is C5H14O3. The summed E-state index contributed by atoms with van der Waals surface area (Å²) in [7, 11) is 3.23. The van der Waals surface area contributed by atoms with E-state index in [2.05, 4.69) is 0 Å². The number of ether oxygens (including phenoxy) is 2. The van der Waals surface area contributed by atoms with Crippen molar-refractivity contribution in [3.63, 3.8) is 0 Å². The Hall–Kier alpha value is -0.120. The van der Waals surface area contributed by atoms with Crippen molar-refractivity contribution >= 4 is 0 Å². The molecule has 0 rings (SSSR count). The lowest BCUT2D eigenvalue weighted by Crippen LogP contribution is -2.24. The number of hydrogen-bond donors (Lipinski definition) is 0. The zero-order valence-corrected chi connectivity index (χ0v) is 5.82. The summed E-state index contributed by atoms with van der Waals surface area (Å²) in [6, 6.07) is 0. The molecule has 0 amide bonds. The van der Waals surface area contributed by atoms with E-state index >= 15 is 0 Å². The molecule has 0 fully saturated rings. The van der Waals surface area contributed by atoms with E-state index < -0.39 is 5.79 Å². The summed E-state index contributed by atoms with van der Waals surface area (Å²) in [4.78, 5) is 0. The van der Waals surface area contributed by atoms with Crippen molar-refractivity contribution in [2.45, 2.75) is 19.6 Å². The molecule has 3 heteroatoms. The topological polar surface area (TPSA) is 50.0 Å². The van der Waals surface area contributed by atoms with Gasteiger partial charge in [-0.15, -0.1) is 0 Å². The summed E-state index contributed by atoms with van der Waals surface area (Å²) in [6.45, 7) is 3.71. The Morgan fingerprint density at radius 2 is 1.25 bits per heavy atom. The normalized spacial score (nSPS) is 10.5. The van der Waals surface area contributed by atoms with E-state index in [1.54, 1.807) is 14.2 Å². The maximum atomic E-state index is 4.86. The van der Waals surface area contributed by atoms with Gasteiger partial charge in [0.15, 0.2) is 5.79 Å². The molecular weight excluding hydrogens is 108 g/mol. The highest BCUT2D eigenvalue weighted by Gasteiger charge is 2.11. The lowest BCUT2D eigenvalue weighted by atomic mass is 10.4. The molecule has 52 valence electrons. The van der Waals surface area contributed by atoms with E-state index in [1.165, 1.54) is 0 Å². The van der Waals surface area contributed by atoms with Gasteiger partial charge in [-0.25, -0.2) is 0 Å². The van der Waals surface area contributed by atoms with Crippen LogP contribution in [0, 0.1) is 0 Å². The second-order valence-electron chi connectivity index (χ2n) is 1.81. The fourth-order valence-corrected chi connectivity index (χ4v) is 0.0833. The van der Waals surface area contributed by atoms with Crippen molar-refractivity contribution in [2.75, 3.05) is 14.2 Å². The van der Waals surface area contributed by atoms with Gasteiger partial charge >= 0.3 is 0 Å². The zero-order chi connectivity index (χ0) is 5.91. The van der Waals surface area contributed by atoms with Gasteiger partial charge in [-0.2, -0.15) is 0 Å². The molecule has 0 aromatic heterocycles. The second kappa shape index (κ2) is 3.83. The minimum atomic E-state index is -0.417. The quantitative estimate of drug-likeness (QED) is 0.491. The predicted octanol–water partition coefficient (Wildman–Crippen LogP) is 0.191. The highest BCUT2D eigenvalue weighted by molar-refractivity contribution is 4.47. The van der Waals surface area contributed by atoms with Crippen molar-refractivity contribution in [2.24, 2.45) is 0 Å². The average molecular weight is 122 g/mol. The molecule has 0 unspecified atom stereocenters. The molecule has 0 aromatic carbocycles. The highest BCUT2D eigenvalue weighted by atomic mass is 16.7. The Kier molecular flexibility index (Phi) is 5.17. The Labute approximate surface area is 49.9 Å². The molecule has 0 bridgehead atoms. The van der Waals surface area contributed by atoms with Crippen LogP contribution in [-0.2, 0) is 9.47 Å². The Bertz CT molecular complexity index is 45.6. The highest BCUT2D eigenvalue weighted by Crippen LogP contribution is 2.05. The first-order chi connectivity index (χ1) is 3.12. The van der Waals surface area contributed by atoms with Crippen molar-refractivity contribution in [3.8, 4) is 0 Å². The molecule has 0 aliphatic heterocycles. The first-order valence-corrected chi connectivity index (χ1v) is 2.22. The third kappa shape index (κ3) is 4.05. The third-order valence-electron chi connectivity index (χ3n) is 0.983. The lowest BCUT2D eigenvalue weighted by Gasteiger charge is -2.19. The van der Waals surface area contributed by atoms with Crippen molar-refractivity contribution in [1.29, 1.82) is 0 Å². The van der Waals surface area contributed by atoms with E-state index in [1.807, 2.05) is 13.8 Å². The van der Waals surface area contributed by atoms with Crippen molar-refractivity contribution in [3.05, 3.63) is 0 Å². The SMILES string of the molecule is COC(C)(C)OC.O. The van der Waals surface area contributed by atoms with Crippen LogP contribution >= 0.6 is 0 Å². The van der Waals surface area contributed by atoms with Gasteiger partial charge in [-0.05, 0) is 13.8 Å². The summed E-state index contributed by atoms with van der Waals surface area (Å²) in [5.74, 6) is -0.417. The van der Waals surface area contributed by atoms with E-state index in [0.717, 1.165) is 0 Å². The van der Waals surface area contributed by atoms with Gasteiger partial charge in [-0.1, -0.05) is 0 Å². The molecule has 8 heavy (non-hydrogen) atoms. The number of rotatable bonds is 2. The monoisotopic (exact) mass is 122 g/mol. The summed E-state index contributed by atoms with van der Waals surface area (Å²) in [5.41, 5.74) is 0. The van der Waals surface area contributed by atoms with E-state index in [9.17, 15) is 0 Å². The minimum Gasteiger partial charge on any atom is -0.412 e. The first kappa shape index (κ1) is 10.8. The molecule has 0 atom stereocenters. The Morgan fingerprint density at radius 1 is 1.00 bits per heavy atom. The van der Waals surface area contributed by atoms with Gasteiger partial charge in [0, 0.05) is 14.2 Å². The molecule has 0 aromatic rings. The molecule has 0 radical (unpaired) electrons. The third-order valence-corrected chi connectivity index (χ3v) is 0.983. The molecule has 0 aliphatic rings. The van der Waals surface area contributed by atoms with Crippen LogP contribution in [0.1, 0.15) is 13.8 Å². The largest absolute Gasteiger partial charge is 0.412 e. The Morgan fingerprint density at radius 3 is 1.25 bits per heavy atom. The van der Waals surface area contributed by atoms with Crippen LogP contribution in [0.4, 0.5) is 0 Å². The van der Waals surface area contributed by atoms with Crippen molar-refractivity contribution < 1.29 is 14.9 Å². The predicted molar refractivity (Wildman–Crippen MR) is 31.7 cm³/mol. The summed E-state index contributed by atoms with van der Waals surface area (Å²) in [6.07, 6.45) is 0. The Balaban J connectivity index is 0. The molecule has 0 aliphatic carbocycles. The summed E-state index contributed by atoms with van der Waals surface area (Å²) < 4.78 is 9.73. The molecule has 2 N–H and O–H groups in total. The zero-order valence-electron chi connectivity index (χ0n) is 5.82. The number of methoxy groups -OCH3 is 2. The van der Waals surface area contributed by atoms with E-state index in [0.29, 0.717) is 0 Å².